The van der Waals surface area contributed by atoms with Gasteiger partial charge in [0.2, 0.25) is 5.43 Å². The van der Waals surface area contributed by atoms with Crippen LogP contribution in [0, 0.1) is 5.82 Å². The Bertz CT molecular complexity index is 1430. The van der Waals surface area contributed by atoms with Gasteiger partial charge in [-0.2, -0.15) is 0 Å². The van der Waals surface area contributed by atoms with E-state index in [1.165, 1.54) is 6.20 Å². The van der Waals surface area contributed by atoms with E-state index in [2.05, 4.69) is 11.9 Å². The largest absolute Gasteiger partial charge is 0.485 e. The molecule has 0 saturated heterocycles. The zero-order valence-corrected chi connectivity index (χ0v) is 19.1. The van der Waals surface area contributed by atoms with Gasteiger partial charge in [-0.1, -0.05) is 36.9 Å². The second kappa shape index (κ2) is 8.57. The zero-order valence-electron chi connectivity index (χ0n) is 19.1. The van der Waals surface area contributed by atoms with Crippen molar-refractivity contribution in [3.63, 3.8) is 0 Å². The number of carbonyl (C=O) groups excluding carboxylic acids is 2. The molecule has 0 atom stereocenters. The quantitative estimate of drug-likeness (QED) is 0.536. The first-order valence-corrected chi connectivity index (χ1v) is 11.2. The molecule has 0 radical (unpaired) electrons. The summed E-state index contributed by atoms with van der Waals surface area (Å²) in [7, 11) is 0. The number of carbonyl (C=O) groups is 2. The van der Waals surface area contributed by atoms with E-state index in [0.29, 0.717) is 24.1 Å². The van der Waals surface area contributed by atoms with Crippen molar-refractivity contribution in [2.75, 3.05) is 13.2 Å². The predicted octanol–water partition coefficient (Wildman–Crippen LogP) is 4.10. The SMILES string of the molecule is C=C1COc2c(C3(NC(=O)OCc4ccccc4)CC3)c(F)cc3c(=O)c(C(=O)OCC)cn1c23. The Labute approximate surface area is 199 Å². The van der Waals surface area contributed by atoms with E-state index in [9.17, 15) is 14.4 Å². The molecule has 1 amide bonds. The molecule has 2 aromatic carbocycles. The van der Waals surface area contributed by atoms with Crippen LogP contribution in [0.3, 0.4) is 0 Å². The van der Waals surface area contributed by atoms with Gasteiger partial charge in [0, 0.05) is 6.20 Å². The number of amides is 1. The van der Waals surface area contributed by atoms with Gasteiger partial charge in [-0.3, -0.25) is 4.79 Å². The van der Waals surface area contributed by atoms with Crippen LogP contribution >= 0.6 is 0 Å². The van der Waals surface area contributed by atoms with Crippen LogP contribution in [-0.4, -0.2) is 29.8 Å². The molecule has 8 nitrogen and oxygen atoms in total. The van der Waals surface area contributed by atoms with Crippen molar-refractivity contribution in [1.82, 2.24) is 9.88 Å². The summed E-state index contributed by atoms with van der Waals surface area (Å²) in [5.41, 5.74) is -0.189. The number of nitrogens with zero attached hydrogens (tertiary/aromatic N) is 1. The molecule has 9 heteroatoms. The van der Waals surface area contributed by atoms with Crippen molar-refractivity contribution < 1.29 is 28.2 Å². The van der Waals surface area contributed by atoms with Crippen LogP contribution in [0.4, 0.5) is 9.18 Å². The second-order valence-corrected chi connectivity index (χ2v) is 8.54. The van der Waals surface area contributed by atoms with E-state index in [-0.39, 0.29) is 42.1 Å². The first-order chi connectivity index (χ1) is 16.8. The minimum absolute atomic E-state index is 0.0121. The van der Waals surface area contributed by atoms with Crippen LogP contribution in [0.5, 0.6) is 5.75 Å². The molecule has 2 heterocycles. The molecule has 0 unspecified atom stereocenters. The Balaban J connectivity index is 1.54. The topological polar surface area (TPSA) is 95.9 Å². The fraction of sp³-hybridized carbons (Fsp3) is 0.269. The van der Waals surface area contributed by atoms with Gasteiger partial charge in [0.1, 0.15) is 24.6 Å². The van der Waals surface area contributed by atoms with Gasteiger partial charge in [0.25, 0.3) is 0 Å². The monoisotopic (exact) mass is 478 g/mol. The summed E-state index contributed by atoms with van der Waals surface area (Å²) in [5, 5.41) is 2.75. The van der Waals surface area contributed by atoms with Crippen molar-refractivity contribution in [3.8, 4) is 5.75 Å². The van der Waals surface area contributed by atoms with Crippen molar-refractivity contribution in [1.29, 1.82) is 0 Å². The summed E-state index contributed by atoms with van der Waals surface area (Å²) in [6, 6.07) is 10.3. The highest BCUT2D eigenvalue weighted by Crippen LogP contribution is 2.52. The second-order valence-electron chi connectivity index (χ2n) is 8.54. The number of alkyl carbamates (subject to hydrolysis) is 1. The lowest BCUT2D eigenvalue weighted by molar-refractivity contribution is 0.0524. The number of nitrogens with one attached hydrogen (secondary N) is 1. The Morgan fingerprint density at radius 2 is 1.97 bits per heavy atom. The first kappa shape index (κ1) is 22.6. The van der Waals surface area contributed by atoms with Gasteiger partial charge in [-0.05, 0) is 31.4 Å². The third-order valence-corrected chi connectivity index (χ3v) is 6.20. The van der Waals surface area contributed by atoms with Crippen molar-refractivity contribution >= 4 is 28.7 Å². The summed E-state index contributed by atoms with van der Waals surface area (Å²) in [4.78, 5) is 38.0. The number of pyridine rings is 1. The molecule has 1 fully saturated rings. The fourth-order valence-corrected chi connectivity index (χ4v) is 4.36. The maximum Gasteiger partial charge on any atom is 0.408 e. The Hall–Kier alpha value is -4.14. The molecule has 35 heavy (non-hydrogen) atoms. The number of rotatable bonds is 6. The van der Waals surface area contributed by atoms with Gasteiger partial charge in [0.15, 0.2) is 5.75 Å². The minimum Gasteiger partial charge on any atom is -0.485 e. The average molecular weight is 478 g/mol. The average Bonchev–Trinajstić information content (AvgIpc) is 3.61. The standard InChI is InChI=1S/C26H23FN2O6/c1-3-33-24(31)18-12-29-15(2)13-34-23-20(19(27)11-17(21(23)29)22(18)30)26(9-10-26)28-25(32)35-14-16-7-5-4-6-8-16/h4-8,11-12H,2-3,9-10,13-14H2,1H3,(H,28,32). The van der Waals surface area contributed by atoms with Gasteiger partial charge >= 0.3 is 12.1 Å². The Morgan fingerprint density at radius 3 is 2.66 bits per heavy atom. The molecule has 0 spiro atoms. The molecule has 3 aromatic rings. The lowest BCUT2D eigenvalue weighted by Gasteiger charge is -2.28. The van der Waals surface area contributed by atoms with Crippen LogP contribution in [-0.2, 0) is 21.6 Å². The van der Waals surface area contributed by atoms with Gasteiger partial charge in [-0.15, -0.1) is 0 Å². The van der Waals surface area contributed by atoms with E-state index >= 15 is 4.39 Å². The summed E-state index contributed by atoms with van der Waals surface area (Å²) in [6.07, 6.45) is 1.60. The van der Waals surface area contributed by atoms with Crippen molar-refractivity contribution in [2.45, 2.75) is 31.9 Å². The van der Waals surface area contributed by atoms with Crippen LogP contribution in [0.2, 0.25) is 0 Å². The molecule has 2 aliphatic rings. The number of hydrogen-bond donors (Lipinski definition) is 1. The molecule has 5 rings (SSSR count). The van der Waals surface area contributed by atoms with Gasteiger partial charge in [-0.25, -0.2) is 14.0 Å². The molecule has 1 saturated carbocycles. The number of aromatic nitrogens is 1. The smallest absolute Gasteiger partial charge is 0.408 e. The number of ether oxygens (including phenoxy) is 3. The molecular formula is C26H23FN2O6. The maximum absolute atomic E-state index is 15.6. The first-order valence-electron chi connectivity index (χ1n) is 11.2. The van der Waals surface area contributed by atoms with Gasteiger partial charge < -0.3 is 24.1 Å². The lowest BCUT2D eigenvalue weighted by Crippen LogP contribution is -2.37. The third-order valence-electron chi connectivity index (χ3n) is 6.20. The van der Waals surface area contributed by atoms with Gasteiger partial charge in [0.05, 0.1) is 34.3 Å². The van der Waals surface area contributed by atoms with E-state index in [0.717, 1.165) is 11.6 Å². The zero-order chi connectivity index (χ0) is 24.7. The van der Waals surface area contributed by atoms with Crippen LogP contribution in [0.25, 0.3) is 16.6 Å². The summed E-state index contributed by atoms with van der Waals surface area (Å²) in [6.45, 7) is 5.75. The number of halogens is 1. The molecule has 0 bridgehead atoms. The maximum atomic E-state index is 15.6. The van der Waals surface area contributed by atoms with E-state index in [4.69, 9.17) is 14.2 Å². The van der Waals surface area contributed by atoms with E-state index in [1.54, 1.807) is 11.5 Å². The van der Waals surface area contributed by atoms with Crippen molar-refractivity contribution in [3.05, 3.63) is 81.9 Å². The van der Waals surface area contributed by atoms with E-state index < -0.39 is 28.8 Å². The molecule has 1 N–H and O–H groups in total. The Kier molecular flexibility index (Phi) is 5.55. The van der Waals surface area contributed by atoms with Crippen LogP contribution < -0.4 is 15.5 Å². The normalized spacial score (nSPS) is 15.3. The lowest BCUT2D eigenvalue weighted by atomic mass is 9.98. The molecular weight excluding hydrogens is 455 g/mol. The highest BCUT2D eigenvalue weighted by Gasteiger charge is 2.51. The summed E-state index contributed by atoms with van der Waals surface area (Å²) in [5.74, 6) is -1.37. The predicted molar refractivity (Wildman–Crippen MR) is 126 cm³/mol. The number of benzene rings is 2. The van der Waals surface area contributed by atoms with E-state index in [1.807, 2.05) is 30.3 Å². The number of hydrogen-bond acceptors (Lipinski definition) is 6. The van der Waals surface area contributed by atoms with Crippen LogP contribution in [0.1, 0.15) is 41.3 Å². The highest BCUT2D eigenvalue weighted by molar-refractivity contribution is 5.98. The van der Waals surface area contributed by atoms with Crippen LogP contribution in [0.15, 0.2) is 54.0 Å². The highest BCUT2D eigenvalue weighted by atomic mass is 19.1. The minimum atomic E-state index is -1.03. The number of esters is 1. The van der Waals surface area contributed by atoms with Crippen molar-refractivity contribution in [2.24, 2.45) is 0 Å². The molecule has 180 valence electrons. The molecule has 1 aromatic heterocycles. The molecule has 1 aliphatic carbocycles. The molecule has 1 aliphatic heterocycles. The fourth-order valence-electron chi connectivity index (χ4n) is 4.36. The Morgan fingerprint density at radius 1 is 1.23 bits per heavy atom. The summed E-state index contributed by atoms with van der Waals surface area (Å²) < 4.78 is 33.3. The summed E-state index contributed by atoms with van der Waals surface area (Å²) >= 11 is 0. The third kappa shape index (κ3) is 3.92.